The molecule has 2 heterocycles. The van der Waals surface area contributed by atoms with Gasteiger partial charge in [-0.3, -0.25) is 0 Å². The Morgan fingerprint density at radius 3 is 3.10 bits per heavy atom. The molecule has 0 N–H and O–H groups in total. The van der Waals surface area contributed by atoms with Crippen molar-refractivity contribution in [2.75, 3.05) is 17.6 Å². The molecule has 2 aliphatic rings. The van der Waals surface area contributed by atoms with Crippen molar-refractivity contribution in [1.29, 1.82) is 0 Å². The number of halogens is 1. The van der Waals surface area contributed by atoms with Gasteiger partial charge < -0.3 is 9.47 Å². The van der Waals surface area contributed by atoms with Gasteiger partial charge in [-0.05, 0) is 12.3 Å². The lowest BCUT2D eigenvalue weighted by molar-refractivity contribution is -0.0905. The van der Waals surface area contributed by atoms with Crippen molar-refractivity contribution in [3.63, 3.8) is 0 Å². The Hall–Kier alpha value is 0.650. The minimum absolute atomic E-state index is 0.153. The molecule has 0 saturated carbocycles. The van der Waals surface area contributed by atoms with E-state index in [4.69, 9.17) is 9.47 Å². The number of ether oxygens (including phenoxy) is 2. The summed E-state index contributed by atoms with van der Waals surface area (Å²) in [5, 5.41) is 0. The maximum absolute atomic E-state index is 5.45. The highest BCUT2D eigenvalue weighted by atomic mass is 127. The van der Waals surface area contributed by atoms with Crippen molar-refractivity contribution >= 4 is 22.6 Å². The lowest BCUT2D eigenvalue weighted by Gasteiger charge is -2.09. The van der Waals surface area contributed by atoms with Crippen LogP contribution < -0.4 is 0 Å². The summed E-state index contributed by atoms with van der Waals surface area (Å²) in [6, 6.07) is 0. The van der Waals surface area contributed by atoms with Gasteiger partial charge in [0.2, 0.25) is 0 Å². The van der Waals surface area contributed by atoms with Gasteiger partial charge in [-0.1, -0.05) is 22.6 Å². The first-order valence-electron chi connectivity index (χ1n) is 3.71. The van der Waals surface area contributed by atoms with Crippen molar-refractivity contribution in [1.82, 2.24) is 0 Å². The molecule has 0 amide bonds. The Labute approximate surface area is 74.4 Å². The molecule has 2 rings (SSSR count). The zero-order valence-corrected chi connectivity index (χ0v) is 7.91. The second-order valence-electron chi connectivity index (χ2n) is 2.94. The van der Waals surface area contributed by atoms with Gasteiger partial charge in [-0.15, -0.1) is 0 Å². The molecular weight excluding hydrogens is 243 g/mol. The number of fused-ring (bicyclic) bond motifs is 1. The van der Waals surface area contributed by atoms with Crippen LogP contribution in [0.15, 0.2) is 0 Å². The maximum atomic E-state index is 5.45. The first-order valence-corrected chi connectivity index (χ1v) is 5.23. The van der Waals surface area contributed by atoms with E-state index < -0.39 is 0 Å². The van der Waals surface area contributed by atoms with Gasteiger partial charge in [0.1, 0.15) is 0 Å². The second kappa shape index (κ2) is 2.95. The summed E-state index contributed by atoms with van der Waals surface area (Å²) >= 11 is 2.43. The monoisotopic (exact) mass is 254 g/mol. The van der Waals surface area contributed by atoms with E-state index in [1.807, 2.05) is 0 Å². The Kier molecular flexibility index (Phi) is 2.15. The Balaban J connectivity index is 2.01. The Morgan fingerprint density at radius 1 is 1.40 bits per heavy atom. The van der Waals surface area contributed by atoms with E-state index in [2.05, 4.69) is 22.6 Å². The van der Waals surface area contributed by atoms with Gasteiger partial charge in [0.15, 0.2) is 6.29 Å². The van der Waals surface area contributed by atoms with Crippen LogP contribution >= 0.6 is 22.6 Å². The van der Waals surface area contributed by atoms with E-state index in [0.717, 1.165) is 19.1 Å². The summed E-state index contributed by atoms with van der Waals surface area (Å²) < 4.78 is 12.0. The van der Waals surface area contributed by atoms with Gasteiger partial charge in [0, 0.05) is 10.3 Å². The lowest BCUT2D eigenvalue weighted by atomic mass is 9.96. The SMILES string of the molecule is ICC1COC2OCCC12. The van der Waals surface area contributed by atoms with Gasteiger partial charge >= 0.3 is 0 Å². The molecule has 0 aliphatic carbocycles. The summed E-state index contributed by atoms with van der Waals surface area (Å²) in [4.78, 5) is 0. The molecule has 0 aromatic carbocycles. The highest BCUT2D eigenvalue weighted by molar-refractivity contribution is 14.1. The fourth-order valence-electron chi connectivity index (χ4n) is 1.71. The van der Waals surface area contributed by atoms with Gasteiger partial charge in [0.05, 0.1) is 13.2 Å². The minimum Gasteiger partial charge on any atom is -0.352 e. The van der Waals surface area contributed by atoms with E-state index in [0.29, 0.717) is 5.92 Å². The average molecular weight is 254 g/mol. The molecule has 3 unspecified atom stereocenters. The van der Waals surface area contributed by atoms with Crippen LogP contribution in [-0.4, -0.2) is 23.9 Å². The van der Waals surface area contributed by atoms with Crippen LogP contribution in [0.5, 0.6) is 0 Å². The first-order chi connectivity index (χ1) is 4.92. The van der Waals surface area contributed by atoms with Crippen molar-refractivity contribution in [3.8, 4) is 0 Å². The molecule has 3 atom stereocenters. The number of rotatable bonds is 1. The smallest absolute Gasteiger partial charge is 0.160 e. The third kappa shape index (κ3) is 1.08. The summed E-state index contributed by atoms with van der Waals surface area (Å²) in [5.41, 5.74) is 0. The van der Waals surface area contributed by atoms with Crippen molar-refractivity contribution < 1.29 is 9.47 Å². The molecule has 58 valence electrons. The Bertz CT molecular complexity index is 129. The molecule has 2 fully saturated rings. The molecular formula is C7H11IO2. The average Bonchev–Trinajstić information content (AvgIpc) is 2.44. The first kappa shape index (κ1) is 7.31. The second-order valence-corrected chi connectivity index (χ2v) is 3.82. The molecule has 0 radical (unpaired) electrons. The van der Waals surface area contributed by atoms with E-state index >= 15 is 0 Å². The molecule has 0 aromatic heterocycles. The summed E-state index contributed by atoms with van der Waals surface area (Å²) in [6.45, 7) is 1.82. The van der Waals surface area contributed by atoms with Crippen LogP contribution in [0.1, 0.15) is 6.42 Å². The number of hydrogen-bond donors (Lipinski definition) is 0. The van der Waals surface area contributed by atoms with Gasteiger partial charge in [0.25, 0.3) is 0 Å². The van der Waals surface area contributed by atoms with Gasteiger partial charge in [-0.2, -0.15) is 0 Å². The Morgan fingerprint density at radius 2 is 2.30 bits per heavy atom. The minimum atomic E-state index is 0.153. The normalized spacial score (nSPS) is 45.9. The van der Waals surface area contributed by atoms with Crippen LogP contribution in [-0.2, 0) is 9.47 Å². The molecule has 2 aliphatic heterocycles. The molecule has 2 saturated heterocycles. The van der Waals surface area contributed by atoms with Crippen molar-refractivity contribution in [2.45, 2.75) is 12.7 Å². The predicted octanol–water partition coefficient (Wildman–Crippen LogP) is 1.43. The third-order valence-corrected chi connectivity index (χ3v) is 3.49. The van der Waals surface area contributed by atoms with Crippen LogP contribution in [0, 0.1) is 11.8 Å². The number of alkyl halides is 1. The summed E-state index contributed by atoms with van der Waals surface area (Å²) in [5.74, 6) is 1.46. The molecule has 0 bridgehead atoms. The fraction of sp³-hybridized carbons (Fsp3) is 1.00. The molecule has 3 heteroatoms. The van der Waals surface area contributed by atoms with E-state index in [1.54, 1.807) is 0 Å². The largest absolute Gasteiger partial charge is 0.352 e. The number of hydrogen-bond acceptors (Lipinski definition) is 2. The highest BCUT2D eigenvalue weighted by Gasteiger charge is 2.40. The maximum Gasteiger partial charge on any atom is 0.160 e. The standard InChI is InChI=1S/C7H11IO2/c8-3-5-4-10-7-6(5)1-2-9-7/h5-7H,1-4H2. The van der Waals surface area contributed by atoms with Crippen molar-refractivity contribution in [3.05, 3.63) is 0 Å². The van der Waals surface area contributed by atoms with Gasteiger partial charge in [-0.25, -0.2) is 0 Å². The molecule has 0 spiro atoms. The molecule has 10 heavy (non-hydrogen) atoms. The fourth-order valence-corrected chi connectivity index (χ4v) is 2.62. The molecule has 0 aromatic rings. The van der Waals surface area contributed by atoms with Crippen LogP contribution in [0.4, 0.5) is 0 Å². The van der Waals surface area contributed by atoms with E-state index in [9.17, 15) is 0 Å². The van der Waals surface area contributed by atoms with Crippen LogP contribution in [0.2, 0.25) is 0 Å². The topological polar surface area (TPSA) is 18.5 Å². The van der Waals surface area contributed by atoms with Crippen LogP contribution in [0.3, 0.4) is 0 Å². The van der Waals surface area contributed by atoms with E-state index in [1.165, 1.54) is 10.8 Å². The highest BCUT2D eigenvalue weighted by Crippen LogP contribution is 2.36. The molecule has 2 nitrogen and oxygen atoms in total. The predicted molar refractivity (Wildman–Crippen MR) is 46.2 cm³/mol. The quantitative estimate of drug-likeness (QED) is 0.520. The zero-order valence-electron chi connectivity index (χ0n) is 5.75. The lowest BCUT2D eigenvalue weighted by Crippen LogP contribution is -2.15. The zero-order chi connectivity index (χ0) is 6.97. The third-order valence-electron chi connectivity index (χ3n) is 2.36. The van der Waals surface area contributed by atoms with Crippen molar-refractivity contribution in [2.24, 2.45) is 11.8 Å². The summed E-state index contributed by atoms with van der Waals surface area (Å²) in [7, 11) is 0. The summed E-state index contributed by atoms with van der Waals surface area (Å²) in [6.07, 6.45) is 1.36. The van der Waals surface area contributed by atoms with Crippen LogP contribution in [0.25, 0.3) is 0 Å². The van der Waals surface area contributed by atoms with E-state index in [-0.39, 0.29) is 6.29 Å².